The van der Waals surface area contributed by atoms with Crippen LogP contribution in [0.1, 0.15) is 22.7 Å². The summed E-state index contributed by atoms with van der Waals surface area (Å²) in [4.78, 5) is 30.1. The van der Waals surface area contributed by atoms with Crippen molar-refractivity contribution in [3.8, 4) is 17.2 Å². The maximum atomic E-state index is 13.3. The number of Topliss-reactive ketones (excluding diaryl/α,β-unsaturated/α-hetero) is 1. The molecule has 1 unspecified atom stereocenters. The van der Waals surface area contributed by atoms with Crippen LogP contribution in [0.2, 0.25) is 0 Å². The van der Waals surface area contributed by atoms with Crippen LogP contribution in [0.4, 0.5) is 5.69 Å². The molecule has 1 saturated heterocycles. The van der Waals surface area contributed by atoms with Gasteiger partial charge in [-0.2, -0.15) is 0 Å². The predicted molar refractivity (Wildman–Crippen MR) is 134 cm³/mol. The molecule has 1 atom stereocenters. The highest BCUT2D eigenvalue weighted by Gasteiger charge is 2.46. The summed E-state index contributed by atoms with van der Waals surface area (Å²) in [6.45, 7) is 0.274. The van der Waals surface area contributed by atoms with E-state index < -0.39 is 17.7 Å². The van der Waals surface area contributed by atoms with E-state index in [2.05, 4.69) is 0 Å². The molecule has 8 nitrogen and oxygen atoms in total. The third-order valence-corrected chi connectivity index (χ3v) is 6.42. The fourth-order valence-electron chi connectivity index (χ4n) is 4.47. The van der Waals surface area contributed by atoms with Crippen LogP contribution in [0.3, 0.4) is 0 Å². The number of hydrogen-bond donors (Lipinski definition) is 1. The van der Waals surface area contributed by atoms with E-state index in [9.17, 15) is 14.7 Å². The number of rotatable bonds is 6. The maximum absolute atomic E-state index is 13.3. The molecule has 0 saturated carbocycles. The number of carbonyl (C=O) groups excluding carboxylic acids is 2. The van der Waals surface area contributed by atoms with Crippen molar-refractivity contribution in [2.24, 2.45) is 0 Å². The fraction of sp³-hybridized carbons (Fsp3) is 0.214. The van der Waals surface area contributed by atoms with Crippen LogP contribution in [0, 0.1) is 0 Å². The lowest BCUT2D eigenvalue weighted by Crippen LogP contribution is -2.29. The molecule has 5 rings (SSSR count). The average molecular weight is 487 g/mol. The lowest BCUT2D eigenvalue weighted by molar-refractivity contribution is -0.140. The normalized spacial score (nSPS) is 18.0. The second-order valence-corrected chi connectivity index (χ2v) is 8.83. The first kappa shape index (κ1) is 23.3. The number of anilines is 1. The molecule has 3 aromatic carbocycles. The number of ether oxygens (including phenoxy) is 3. The largest absolute Gasteiger partial charge is 0.507 e. The van der Waals surface area contributed by atoms with Gasteiger partial charge in [-0.15, -0.1) is 0 Å². The molecule has 0 aromatic heterocycles. The zero-order valence-electron chi connectivity index (χ0n) is 20.2. The van der Waals surface area contributed by atoms with Crippen molar-refractivity contribution in [3.05, 3.63) is 89.0 Å². The monoisotopic (exact) mass is 486 g/mol. The smallest absolute Gasteiger partial charge is 0.295 e. The van der Waals surface area contributed by atoms with E-state index >= 15 is 0 Å². The van der Waals surface area contributed by atoms with Gasteiger partial charge in [0, 0.05) is 31.9 Å². The van der Waals surface area contributed by atoms with E-state index in [0.29, 0.717) is 22.8 Å². The number of aliphatic hydroxyl groups is 1. The van der Waals surface area contributed by atoms with Gasteiger partial charge in [-0.1, -0.05) is 24.3 Å². The number of aliphatic hydroxyl groups excluding tert-OH is 1. The maximum Gasteiger partial charge on any atom is 0.295 e. The Hall–Kier alpha value is -4.46. The number of hydrogen-bond acceptors (Lipinski definition) is 7. The van der Waals surface area contributed by atoms with Crippen LogP contribution in [-0.2, 0) is 16.1 Å². The zero-order chi connectivity index (χ0) is 25.4. The molecule has 2 heterocycles. The Bertz CT molecular complexity index is 1350. The minimum atomic E-state index is -0.770. The molecule has 36 heavy (non-hydrogen) atoms. The lowest BCUT2D eigenvalue weighted by Gasteiger charge is -2.26. The highest BCUT2D eigenvalue weighted by Crippen LogP contribution is 2.42. The van der Waals surface area contributed by atoms with Crippen LogP contribution < -0.4 is 19.1 Å². The first-order valence-corrected chi connectivity index (χ1v) is 11.5. The highest BCUT2D eigenvalue weighted by molar-refractivity contribution is 6.46. The Morgan fingerprint density at radius 1 is 1.00 bits per heavy atom. The lowest BCUT2D eigenvalue weighted by atomic mass is 9.94. The van der Waals surface area contributed by atoms with Gasteiger partial charge >= 0.3 is 0 Å². The summed E-state index contributed by atoms with van der Waals surface area (Å²) in [7, 11) is 5.45. The van der Waals surface area contributed by atoms with Gasteiger partial charge in [0.1, 0.15) is 11.5 Å². The first-order chi connectivity index (χ1) is 17.4. The summed E-state index contributed by atoms with van der Waals surface area (Å²) in [6.07, 6.45) is 0. The van der Waals surface area contributed by atoms with Crippen LogP contribution >= 0.6 is 0 Å². The molecule has 1 fully saturated rings. The number of fused-ring (bicyclic) bond motifs is 1. The number of benzene rings is 3. The number of nitrogens with zero attached hydrogens (tertiary/aromatic N) is 2. The number of ketones is 1. The highest BCUT2D eigenvalue weighted by atomic mass is 16.7. The van der Waals surface area contributed by atoms with Crippen molar-refractivity contribution in [1.29, 1.82) is 0 Å². The van der Waals surface area contributed by atoms with Crippen LogP contribution in [0.5, 0.6) is 17.2 Å². The van der Waals surface area contributed by atoms with Crippen molar-refractivity contribution >= 4 is 23.1 Å². The third-order valence-electron chi connectivity index (χ3n) is 6.42. The molecular formula is C28H26N2O6. The Balaban J connectivity index is 1.60. The van der Waals surface area contributed by atoms with Crippen LogP contribution in [0.25, 0.3) is 5.76 Å². The number of amides is 1. The van der Waals surface area contributed by atoms with Crippen molar-refractivity contribution in [1.82, 2.24) is 4.90 Å². The molecule has 2 aliphatic rings. The van der Waals surface area contributed by atoms with Crippen molar-refractivity contribution in [3.63, 3.8) is 0 Å². The first-order valence-electron chi connectivity index (χ1n) is 11.5. The second-order valence-electron chi connectivity index (χ2n) is 8.83. The summed E-state index contributed by atoms with van der Waals surface area (Å²) in [6, 6.07) is 19.1. The van der Waals surface area contributed by atoms with Crippen molar-refractivity contribution in [2.45, 2.75) is 12.6 Å². The van der Waals surface area contributed by atoms with E-state index in [1.807, 2.05) is 55.4 Å². The number of carbonyl (C=O) groups is 2. The van der Waals surface area contributed by atoms with Crippen molar-refractivity contribution < 1.29 is 28.9 Å². The summed E-state index contributed by atoms with van der Waals surface area (Å²) in [5.74, 6) is 0.0564. The van der Waals surface area contributed by atoms with Gasteiger partial charge in [0.25, 0.3) is 11.7 Å². The average Bonchev–Trinajstić information content (AvgIpc) is 3.46. The molecule has 0 radical (unpaired) electrons. The molecule has 0 spiro atoms. The van der Waals surface area contributed by atoms with Gasteiger partial charge in [-0.25, -0.2) is 0 Å². The molecule has 184 valence electrons. The quantitative estimate of drug-likeness (QED) is 0.319. The fourth-order valence-corrected chi connectivity index (χ4v) is 4.47. The topological polar surface area (TPSA) is 88.5 Å². The molecule has 1 N–H and O–H groups in total. The summed E-state index contributed by atoms with van der Waals surface area (Å²) >= 11 is 0. The minimum Gasteiger partial charge on any atom is -0.507 e. The Morgan fingerprint density at radius 2 is 1.69 bits per heavy atom. The van der Waals surface area contributed by atoms with E-state index in [1.54, 1.807) is 37.4 Å². The van der Waals surface area contributed by atoms with Gasteiger partial charge in [-0.05, 0) is 53.6 Å². The van der Waals surface area contributed by atoms with E-state index in [4.69, 9.17) is 14.2 Å². The van der Waals surface area contributed by atoms with Gasteiger partial charge < -0.3 is 29.1 Å². The van der Waals surface area contributed by atoms with Crippen LogP contribution in [-0.4, -0.2) is 49.7 Å². The van der Waals surface area contributed by atoms with Gasteiger partial charge in [0.2, 0.25) is 6.79 Å². The standard InChI is InChI=1S/C28H26N2O6/c1-29(2)20-9-6-18(7-10-20)25-24(26(31)19-8-13-22-23(14-19)36-16-35-22)27(32)28(33)30(25)15-17-4-11-21(34-3)12-5-17/h4-14,25,31H,15-16H2,1-3H3/b26-24-. The molecule has 1 amide bonds. The predicted octanol–water partition coefficient (Wildman–Crippen LogP) is 4.11. The molecule has 0 aliphatic carbocycles. The Labute approximate surface area is 208 Å². The zero-order valence-corrected chi connectivity index (χ0v) is 20.2. The number of methoxy groups -OCH3 is 1. The van der Waals surface area contributed by atoms with E-state index in [-0.39, 0.29) is 24.7 Å². The minimum absolute atomic E-state index is 0.0324. The molecule has 3 aromatic rings. The SMILES string of the molecule is COc1ccc(CN2C(=O)C(=O)/C(=C(\O)c3ccc4c(c3)OCO4)C2c2ccc(N(C)C)cc2)cc1. The molecule has 0 bridgehead atoms. The third kappa shape index (κ3) is 4.11. The summed E-state index contributed by atoms with van der Waals surface area (Å²) in [5.41, 5.74) is 2.93. The van der Waals surface area contributed by atoms with E-state index in [1.165, 1.54) is 4.90 Å². The van der Waals surface area contributed by atoms with Gasteiger partial charge in [-0.3, -0.25) is 9.59 Å². The summed E-state index contributed by atoms with van der Waals surface area (Å²) < 4.78 is 16.0. The van der Waals surface area contributed by atoms with Gasteiger partial charge in [0.05, 0.1) is 18.7 Å². The van der Waals surface area contributed by atoms with Crippen molar-refractivity contribution in [2.75, 3.05) is 32.9 Å². The molecular weight excluding hydrogens is 460 g/mol. The Morgan fingerprint density at radius 3 is 2.36 bits per heavy atom. The number of likely N-dealkylation sites (tertiary alicyclic amines) is 1. The Kier molecular flexibility index (Phi) is 6.01. The molecule has 8 heteroatoms. The summed E-state index contributed by atoms with van der Waals surface area (Å²) in [5, 5.41) is 11.3. The van der Waals surface area contributed by atoms with Gasteiger partial charge in [0.15, 0.2) is 11.5 Å². The molecule has 2 aliphatic heterocycles. The van der Waals surface area contributed by atoms with Crippen LogP contribution in [0.15, 0.2) is 72.3 Å². The second kappa shape index (κ2) is 9.30. The van der Waals surface area contributed by atoms with E-state index in [0.717, 1.165) is 16.8 Å².